The molecule has 0 aliphatic heterocycles. The quantitative estimate of drug-likeness (QED) is 0.432. The summed E-state index contributed by atoms with van der Waals surface area (Å²) in [6, 6.07) is 13.5. The first-order valence-corrected chi connectivity index (χ1v) is 8.35. The van der Waals surface area contributed by atoms with Gasteiger partial charge in [0.05, 0.1) is 23.7 Å². The van der Waals surface area contributed by atoms with Crippen molar-refractivity contribution in [2.75, 3.05) is 7.11 Å². The summed E-state index contributed by atoms with van der Waals surface area (Å²) in [7, 11) is 3.11. The molecule has 0 bridgehead atoms. The van der Waals surface area contributed by atoms with E-state index in [2.05, 4.69) is 15.1 Å². The van der Waals surface area contributed by atoms with Crippen molar-refractivity contribution in [1.29, 1.82) is 0 Å². The zero-order valence-corrected chi connectivity index (χ0v) is 15.0. The summed E-state index contributed by atoms with van der Waals surface area (Å²) < 4.78 is 6.79. The normalized spacial score (nSPS) is 10.9. The van der Waals surface area contributed by atoms with E-state index in [1.165, 1.54) is 30.0 Å². The zero-order chi connectivity index (χ0) is 19.8. The van der Waals surface area contributed by atoms with Crippen molar-refractivity contribution >= 4 is 16.7 Å². The van der Waals surface area contributed by atoms with Crippen LogP contribution in [0.5, 0.6) is 5.75 Å². The number of H-pyrrole nitrogens is 1. The lowest BCUT2D eigenvalue weighted by Crippen LogP contribution is -2.10. The Balaban J connectivity index is 1.94. The molecule has 0 saturated heterocycles. The lowest BCUT2D eigenvalue weighted by Gasteiger charge is -2.08. The minimum Gasteiger partial charge on any atom is -0.496 e. The molecule has 1 N–H and O–H groups in total. The van der Waals surface area contributed by atoms with E-state index in [4.69, 9.17) is 4.74 Å². The predicted molar refractivity (Wildman–Crippen MR) is 103 cm³/mol. The van der Waals surface area contributed by atoms with Gasteiger partial charge in [-0.05, 0) is 6.07 Å². The van der Waals surface area contributed by atoms with Crippen LogP contribution in [0.15, 0.2) is 53.3 Å². The Morgan fingerprint density at radius 3 is 2.61 bits per heavy atom. The largest absolute Gasteiger partial charge is 0.496 e. The lowest BCUT2D eigenvalue weighted by atomic mass is 10.1. The van der Waals surface area contributed by atoms with Crippen LogP contribution in [-0.2, 0) is 7.05 Å². The molecule has 2 aromatic heterocycles. The molecule has 0 atom stereocenters. The monoisotopic (exact) mass is 377 g/mol. The molecular formula is C19H15N5O4. The van der Waals surface area contributed by atoms with E-state index in [1.54, 1.807) is 7.05 Å². The molecule has 0 spiro atoms. The average Bonchev–Trinajstić information content (AvgIpc) is 3.05. The summed E-state index contributed by atoms with van der Waals surface area (Å²) in [5, 5.41) is 15.8. The maximum atomic E-state index is 12.9. The summed E-state index contributed by atoms with van der Waals surface area (Å²) >= 11 is 0. The van der Waals surface area contributed by atoms with Gasteiger partial charge in [0.1, 0.15) is 22.7 Å². The van der Waals surface area contributed by atoms with Crippen molar-refractivity contribution in [2.45, 2.75) is 0 Å². The summed E-state index contributed by atoms with van der Waals surface area (Å²) in [5.41, 5.74) is 1.71. The van der Waals surface area contributed by atoms with Gasteiger partial charge in [0.25, 0.3) is 11.2 Å². The first-order chi connectivity index (χ1) is 13.5. The second kappa shape index (κ2) is 6.62. The topological polar surface area (TPSA) is 116 Å². The fourth-order valence-corrected chi connectivity index (χ4v) is 3.07. The number of nitro benzene ring substituents is 1. The van der Waals surface area contributed by atoms with Gasteiger partial charge in [-0.1, -0.05) is 30.3 Å². The fourth-order valence-electron chi connectivity index (χ4n) is 3.07. The number of methoxy groups -OCH3 is 1. The molecule has 28 heavy (non-hydrogen) atoms. The highest BCUT2D eigenvalue weighted by atomic mass is 16.6. The lowest BCUT2D eigenvalue weighted by molar-refractivity contribution is -0.384. The third-order valence-corrected chi connectivity index (χ3v) is 4.39. The van der Waals surface area contributed by atoms with Crippen LogP contribution < -0.4 is 10.3 Å². The maximum Gasteiger partial charge on any atom is 0.273 e. The molecule has 140 valence electrons. The Labute approximate surface area is 158 Å². The highest BCUT2D eigenvalue weighted by molar-refractivity contribution is 5.91. The molecule has 9 heteroatoms. The van der Waals surface area contributed by atoms with Crippen LogP contribution in [0.4, 0.5) is 5.69 Å². The minimum atomic E-state index is -0.515. The first kappa shape index (κ1) is 17.4. The predicted octanol–water partition coefficient (Wildman–Crippen LogP) is 2.91. The van der Waals surface area contributed by atoms with Gasteiger partial charge < -0.3 is 9.72 Å². The standard InChI is InChI=1S/C19H15N5O4/c1-23-18-15(16(22-23)11-6-4-3-5-7-11)19(25)21-17(20-18)13-9-8-12(24(26)27)10-14(13)28-2/h3-10H,1-2H3,(H,20,21,25). The number of aromatic amines is 1. The number of aromatic nitrogens is 4. The van der Waals surface area contributed by atoms with Crippen molar-refractivity contribution in [3.05, 3.63) is 69.0 Å². The van der Waals surface area contributed by atoms with Crippen molar-refractivity contribution in [2.24, 2.45) is 7.05 Å². The molecule has 0 saturated carbocycles. The number of nitrogens with zero attached hydrogens (tertiary/aromatic N) is 4. The molecule has 2 heterocycles. The number of hydrogen-bond acceptors (Lipinski definition) is 6. The number of benzene rings is 2. The van der Waals surface area contributed by atoms with Gasteiger partial charge in [-0.15, -0.1) is 0 Å². The number of hydrogen-bond donors (Lipinski definition) is 1. The van der Waals surface area contributed by atoms with Gasteiger partial charge in [-0.25, -0.2) is 9.67 Å². The molecule has 9 nitrogen and oxygen atoms in total. The fraction of sp³-hybridized carbons (Fsp3) is 0.105. The summed E-state index contributed by atoms with van der Waals surface area (Å²) in [4.78, 5) is 30.6. The Morgan fingerprint density at radius 2 is 1.93 bits per heavy atom. The number of ether oxygens (including phenoxy) is 1. The van der Waals surface area contributed by atoms with Gasteiger partial charge in [0, 0.05) is 18.7 Å². The molecule has 0 amide bonds. The minimum absolute atomic E-state index is 0.115. The third kappa shape index (κ3) is 2.78. The van der Waals surface area contributed by atoms with E-state index in [0.29, 0.717) is 22.3 Å². The highest BCUT2D eigenvalue weighted by Gasteiger charge is 2.19. The van der Waals surface area contributed by atoms with Crippen molar-refractivity contribution in [1.82, 2.24) is 19.7 Å². The maximum absolute atomic E-state index is 12.9. The second-order valence-corrected chi connectivity index (χ2v) is 6.09. The molecule has 4 aromatic rings. The van der Waals surface area contributed by atoms with Gasteiger partial charge >= 0.3 is 0 Å². The first-order valence-electron chi connectivity index (χ1n) is 8.35. The van der Waals surface area contributed by atoms with Gasteiger partial charge in [-0.3, -0.25) is 14.9 Å². The molecule has 0 fully saturated rings. The van der Waals surface area contributed by atoms with Crippen LogP contribution in [0.3, 0.4) is 0 Å². The van der Waals surface area contributed by atoms with Gasteiger partial charge in [-0.2, -0.15) is 5.10 Å². The Hall–Kier alpha value is -4.01. The number of fused-ring (bicyclic) bond motifs is 1. The van der Waals surface area contributed by atoms with E-state index < -0.39 is 4.92 Å². The van der Waals surface area contributed by atoms with Gasteiger partial charge in [0.15, 0.2) is 5.65 Å². The van der Waals surface area contributed by atoms with Crippen LogP contribution >= 0.6 is 0 Å². The molecule has 4 rings (SSSR count). The number of nitro groups is 1. The van der Waals surface area contributed by atoms with E-state index in [9.17, 15) is 14.9 Å². The Morgan fingerprint density at radius 1 is 1.18 bits per heavy atom. The van der Waals surface area contributed by atoms with E-state index in [-0.39, 0.29) is 22.8 Å². The smallest absolute Gasteiger partial charge is 0.273 e. The second-order valence-electron chi connectivity index (χ2n) is 6.09. The summed E-state index contributed by atoms with van der Waals surface area (Å²) in [6.07, 6.45) is 0. The highest BCUT2D eigenvalue weighted by Crippen LogP contribution is 2.32. The number of nitrogens with one attached hydrogen (secondary N) is 1. The van der Waals surface area contributed by atoms with E-state index in [0.717, 1.165) is 5.56 Å². The van der Waals surface area contributed by atoms with Crippen LogP contribution in [0, 0.1) is 10.1 Å². The SMILES string of the molecule is COc1cc([N+](=O)[O-])ccc1-c1nc2c(c(-c3ccccc3)nn2C)c(=O)[nH]1. The van der Waals surface area contributed by atoms with Crippen molar-refractivity contribution in [3.63, 3.8) is 0 Å². The molecule has 0 unspecified atom stereocenters. The van der Waals surface area contributed by atoms with Crippen LogP contribution in [0.25, 0.3) is 33.7 Å². The van der Waals surface area contributed by atoms with E-state index >= 15 is 0 Å². The van der Waals surface area contributed by atoms with E-state index in [1.807, 2.05) is 30.3 Å². The van der Waals surface area contributed by atoms with Crippen LogP contribution in [0.1, 0.15) is 0 Å². The Bertz CT molecular complexity index is 1260. The summed E-state index contributed by atoms with van der Waals surface area (Å²) in [6.45, 7) is 0. The Kier molecular flexibility index (Phi) is 4.11. The van der Waals surface area contributed by atoms with Gasteiger partial charge in [0.2, 0.25) is 0 Å². The van der Waals surface area contributed by atoms with Crippen molar-refractivity contribution < 1.29 is 9.66 Å². The molecule has 0 radical (unpaired) electrons. The number of non-ortho nitro benzene ring substituents is 1. The summed E-state index contributed by atoms with van der Waals surface area (Å²) in [5.74, 6) is 0.481. The third-order valence-electron chi connectivity index (χ3n) is 4.39. The molecule has 0 aliphatic carbocycles. The number of aryl methyl sites for hydroxylation is 1. The van der Waals surface area contributed by atoms with Crippen LogP contribution in [-0.4, -0.2) is 31.8 Å². The average molecular weight is 377 g/mol. The molecule has 2 aromatic carbocycles. The number of rotatable bonds is 4. The van der Waals surface area contributed by atoms with Crippen molar-refractivity contribution in [3.8, 4) is 28.4 Å². The molecular weight excluding hydrogens is 362 g/mol. The molecule has 0 aliphatic rings. The zero-order valence-electron chi connectivity index (χ0n) is 15.0. The van der Waals surface area contributed by atoms with Crippen LogP contribution in [0.2, 0.25) is 0 Å².